The lowest BCUT2D eigenvalue weighted by molar-refractivity contribution is -0.119. The molecule has 2 aromatic rings. The van der Waals surface area contributed by atoms with Crippen LogP contribution in [0.3, 0.4) is 0 Å². The summed E-state index contributed by atoms with van der Waals surface area (Å²) >= 11 is 0.855. The third kappa shape index (κ3) is 4.90. The molecule has 0 bridgehead atoms. The van der Waals surface area contributed by atoms with Gasteiger partial charge in [0, 0.05) is 6.54 Å². The predicted octanol–water partition coefficient (Wildman–Crippen LogP) is 0.289. The summed E-state index contributed by atoms with van der Waals surface area (Å²) in [6.45, 7) is -0.610. The summed E-state index contributed by atoms with van der Waals surface area (Å²) in [5.74, 6) is -1.97. The van der Waals surface area contributed by atoms with Gasteiger partial charge < -0.3 is 15.5 Å². The molecule has 4 N–H and O–H groups in total. The molecule has 1 aliphatic carbocycles. The van der Waals surface area contributed by atoms with Crippen LogP contribution in [0.1, 0.15) is 34.1 Å². The second-order valence-corrected chi connectivity index (χ2v) is 7.36. The normalized spacial score (nSPS) is 16.3. The van der Waals surface area contributed by atoms with E-state index in [9.17, 15) is 24.3 Å². The Balaban J connectivity index is 1.64. The fourth-order valence-electron chi connectivity index (χ4n) is 2.94. The zero-order valence-corrected chi connectivity index (χ0v) is 15.9. The van der Waals surface area contributed by atoms with Crippen LogP contribution in [0.25, 0.3) is 0 Å². The largest absolute Gasteiger partial charge is 0.394 e. The molecule has 10 nitrogen and oxygen atoms in total. The number of hydrogen-bond donors (Lipinski definition) is 4. The Morgan fingerprint density at radius 3 is 2.97 bits per heavy atom. The number of aromatic nitrogens is 2. The Hall–Kier alpha value is -2.54. The van der Waals surface area contributed by atoms with Gasteiger partial charge in [-0.15, -0.1) is 0 Å². The minimum absolute atomic E-state index is 0.00405. The maximum atomic E-state index is 13.6. The van der Waals surface area contributed by atoms with Crippen molar-refractivity contribution in [2.75, 3.05) is 18.9 Å². The molecule has 2 atom stereocenters. The van der Waals surface area contributed by atoms with Crippen LogP contribution in [0.5, 0.6) is 0 Å². The predicted molar refractivity (Wildman–Crippen MR) is 96.5 cm³/mol. The van der Waals surface area contributed by atoms with E-state index in [1.165, 1.54) is 12.1 Å². The van der Waals surface area contributed by atoms with Gasteiger partial charge in [-0.25, -0.2) is 14.1 Å². The number of aliphatic hydroxyl groups excluding tert-OH is 2. The Labute approximate surface area is 168 Å². The van der Waals surface area contributed by atoms with Gasteiger partial charge in [0.2, 0.25) is 11.6 Å². The van der Waals surface area contributed by atoms with Gasteiger partial charge in [-0.2, -0.15) is 0 Å². The van der Waals surface area contributed by atoms with E-state index in [-0.39, 0.29) is 23.0 Å². The van der Waals surface area contributed by atoms with Crippen LogP contribution >= 0.6 is 11.8 Å². The molecule has 0 radical (unpaired) electrons. The van der Waals surface area contributed by atoms with Crippen LogP contribution in [0.4, 0.5) is 4.39 Å². The Bertz CT molecular complexity index is 895. The first-order chi connectivity index (χ1) is 13.9. The summed E-state index contributed by atoms with van der Waals surface area (Å²) in [5.41, 5.74) is 1.09. The maximum absolute atomic E-state index is 13.6. The number of aliphatic hydroxyl groups is 2. The number of nitrogens with one attached hydrogen (secondary N) is 1. The molecule has 1 unspecified atom stereocenters. The lowest BCUT2D eigenvalue weighted by Crippen LogP contribution is -2.35. The highest BCUT2D eigenvalue weighted by Crippen LogP contribution is 2.36. The zero-order valence-electron chi connectivity index (χ0n) is 15.1. The fraction of sp³-hybridized carbons (Fsp3) is 0.412. The van der Waals surface area contributed by atoms with Crippen molar-refractivity contribution in [3.05, 3.63) is 40.8 Å². The molecule has 12 heteroatoms. The third-order valence-corrected chi connectivity index (χ3v) is 5.35. The maximum Gasteiger partial charge on any atom is 0.302 e. The number of carbonyl (C=O) groups excluding carboxylic acids is 2. The molecule has 29 heavy (non-hydrogen) atoms. The van der Waals surface area contributed by atoms with E-state index in [1.807, 2.05) is 0 Å². The van der Waals surface area contributed by atoms with Crippen molar-refractivity contribution in [3.63, 3.8) is 0 Å². The van der Waals surface area contributed by atoms with Crippen LogP contribution in [0.15, 0.2) is 27.9 Å². The number of hydrogen-bond acceptors (Lipinski definition) is 9. The zero-order chi connectivity index (χ0) is 21.0. The summed E-state index contributed by atoms with van der Waals surface area (Å²) < 4.78 is 18.1. The van der Waals surface area contributed by atoms with Crippen LogP contribution in [-0.2, 0) is 11.2 Å². The smallest absolute Gasteiger partial charge is 0.302 e. The van der Waals surface area contributed by atoms with Gasteiger partial charge >= 0.3 is 5.91 Å². The SMILES string of the molecule is O=C(CSc1nonc1C(=O)N(O)[C@H]1CCc2ccc(F)cc21)NCC(O)CO. The lowest BCUT2D eigenvalue weighted by Gasteiger charge is -2.22. The van der Waals surface area contributed by atoms with E-state index in [0.717, 1.165) is 17.3 Å². The van der Waals surface area contributed by atoms with E-state index in [0.29, 0.717) is 23.5 Å². The molecule has 3 rings (SSSR count). The van der Waals surface area contributed by atoms with Crippen LogP contribution < -0.4 is 5.32 Å². The van der Waals surface area contributed by atoms with Crippen LogP contribution in [-0.4, -0.2) is 67.6 Å². The van der Waals surface area contributed by atoms with Crippen molar-refractivity contribution in [2.45, 2.75) is 30.0 Å². The highest BCUT2D eigenvalue weighted by atomic mass is 32.2. The van der Waals surface area contributed by atoms with Gasteiger partial charge in [-0.05, 0) is 46.4 Å². The molecule has 0 aliphatic heterocycles. The monoisotopic (exact) mass is 426 g/mol. The van der Waals surface area contributed by atoms with Crippen molar-refractivity contribution < 1.29 is 34.0 Å². The molecule has 0 spiro atoms. The first-order valence-corrected chi connectivity index (χ1v) is 9.71. The van der Waals surface area contributed by atoms with Gasteiger partial charge in [-0.1, -0.05) is 17.8 Å². The average Bonchev–Trinajstić information content (AvgIpc) is 3.35. The third-order valence-electron chi connectivity index (χ3n) is 4.40. The topological polar surface area (TPSA) is 149 Å². The van der Waals surface area contributed by atoms with E-state index >= 15 is 0 Å². The van der Waals surface area contributed by atoms with Crippen molar-refractivity contribution >= 4 is 23.6 Å². The van der Waals surface area contributed by atoms with E-state index in [1.54, 1.807) is 6.07 Å². The fourth-order valence-corrected chi connectivity index (χ4v) is 3.66. The van der Waals surface area contributed by atoms with Gasteiger partial charge in [0.25, 0.3) is 0 Å². The number of benzene rings is 1. The standard InChI is InChI=1S/C17H19FN4O6S/c18-10-3-1-9-2-4-13(12(9)5-10)22(27)17(26)15-16(21-28-20-15)29-8-14(25)19-6-11(24)7-23/h1,3,5,11,13,23-24,27H,2,4,6-8H2,(H,19,25)/t11?,13-/m0/s1. The number of nitrogens with zero attached hydrogens (tertiary/aromatic N) is 3. The molecule has 1 aromatic heterocycles. The highest BCUT2D eigenvalue weighted by molar-refractivity contribution is 8.00. The minimum Gasteiger partial charge on any atom is -0.394 e. The van der Waals surface area contributed by atoms with E-state index < -0.39 is 36.4 Å². The molecule has 2 amide bonds. The number of fused-ring (bicyclic) bond motifs is 1. The summed E-state index contributed by atoms with van der Waals surface area (Å²) in [5, 5.41) is 38.3. The molecule has 0 saturated heterocycles. The Kier molecular flexibility index (Phi) is 6.79. The summed E-state index contributed by atoms with van der Waals surface area (Å²) in [6.07, 6.45) is -0.0649. The quantitative estimate of drug-likeness (QED) is 0.265. The number of hydroxylamine groups is 2. The average molecular weight is 426 g/mol. The Morgan fingerprint density at radius 2 is 2.21 bits per heavy atom. The summed E-state index contributed by atoms with van der Waals surface area (Å²) in [7, 11) is 0. The molecule has 1 heterocycles. The molecule has 1 aromatic carbocycles. The van der Waals surface area contributed by atoms with E-state index in [4.69, 9.17) is 5.11 Å². The summed E-state index contributed by atoms with van der Waals surface area (Å²) in [6, 6.07) is 3.50. The number of amides is 2. The van der Waals surface area contributed by atoms with Crippen molar-refractivity contribution in [3.8, 4) is 0 Å². The van der Waals surface area contributed by atoms with Crippen LogP contribution in [0.2, 0.25) is 0 Å². The number of aryl methyl sites for hydroxylation is 1. The second kappa shape index (κ2) is 9.31. The molecule has 0 fully saturated rings. The molecule has 156 valence electrons. The molecule has 0 saturated carbocycles. The molecular weight excluding hydrogens is 407 g/mol. The van der Waals surface area contributed by atoms with Gasteiger partial charge in [-0.3, -0.25) is 14.8 Å². The van der Waals surface area contributed by atoms with Gasteiger partial charge in [0.1, 0.15) is 5.82 Å². The molecule has 1 aliphatic rings. The van der Waals surface area contributed by atoms with Crippen molar-refractivity contribution in [1.82, 2.24) is 20.7 Å². The first-order valence-electron chi connectivity index (χ1n) is 8.72. The van der Waals surface area contributed by atoms with Crippen molar-refractivity contribution in [2.24, 2.45) is 0 Å². The number of carbonyl (C=O) groups is 2. The highest BCUT2D eigenvalue weighted by Gasteiger charge is 2.34. The minimum atomic E-state index is -1.07. The van der Waals surface area contributed by atoms with Gasteiger partial charge in [0.05, 0.1) is 24.5 Å². The van der Waals surface area contributed by atoms with Crippen LogP contribution in [0, 0.1) is 5.82 Å². The van der Waals surface area contributed by atoms with Gasteiger partial charge in [0.15, 0.2) is 5.03 Å². The second-order valence-electron chi connectivity index (χ2n) is 6.39. The Morgan fingerprint density at radius 1 is 1.41 bits per heavy atom. The lowest BCUT2D eigenvalue weighted by atomic mass is 10.1. The number of rotatable bonds is 8. The van der Waals surface area contributed by atoms with E-state index in [2.05, 4.69) is 20.3 Å². The number of halogens is 1. The first kappa shape index (κ1) is 21.2. The summed E-state index contributed by atoms with van der Waals surface area (Å²) in [4.78, 5) is 24.4. The molecular formula is C17H19FN4O6S. The number of thioether (sulfide) groups is 1. The van der Waals surface area contributed by atoms with Crippen molar-refractivity contribution in [1.29, 1.82) is 0 Å².